The molecule has 0 N–H and O–H groups in total. The summed E-state index contributed by atoms with van der Waals surface area (Å²) in [6, 6.07) is 11.6. The van der Waals surface area contributed by atoms with Gasteiger partial charge >= 0.3 is 0 Å². The van der Waals surface area contributed by atoms with E-state index < -0.39 is 0 Å². The quantitative estimate of drug-likeness (QED) is 0.497. The molecule has 0 saturated heterocycles. The van der Waals surface area contributed by atoms with Gasteiger partial charge in [-0.25, -0.2) is 0 Å². The summed E-state index contributed by atoms with van der Waals surface area (Å²) in [6.07, 6.45) is 0. The van der Waals surface area contributed by atoms with Crippen molar-refractivity contribution in [3.63, 3.8) is 0 Å². The van der Waals surface area contributed by atoms with Crippen LogP contribution in [0.15, 0.2) is 41.6 Å². The smallest absolute Gasteiger partial charge is 0.191 e. The highest BCUT2D eigenvalue weighted by molar-refractivity contribution is 7.98. The van der Waals surface area contributed by atoms with Crippen molar-refractivity contribution in [2.75, 3.05) is 0 Å². The number of thioether (sulfide) groups is 1. The normalized spacial score (nSPS) is 11.0. The van der Waals surface area contributed by atoms with E-state index >= 15 is 0 Å². The first kappa shape index (κ1) is 19.1. The number of para-hydroxylation sites is 1. The van der Waals surface area contributed by atoms with Crippen molar-refractivity contribution >= 4 is 35.0 Å². The van der Waals surface area contributed by atoms with Crippen LogP contribution in [0.4, 0.5) is 0 Å². The number of halogens is 2. The Kier molecular flexibility index (Phi) is 6.12. The molecule has 4 nitrogen and oxygen atoms in total. The molecule has 3 aromatic rings. The molecule has 0 unspecified atom stereocenters. The lowest BCUT2D eigenvalue weighted by atomic mass is 10.1. The Labute approximate surface area is 167 Å². The molecule has 26 heavy (non-hydrogen) atoms. The van der Waals surface area contributed by atoms with Crippen LogP contribution in [-0.4, -0.2) is 14.8 Å². The minimum atomic E-state index is 0.372. The molecule has 2 aromatic carbocycles. The van der Waals surface area contributed by atoms with Gasteiger partial charge in [-0.1, -0.05) is 59.2 Å². The first-order chi connectivity index (χ1) is 12.5. The Morgan fingerprint density at radius 3 is 2.50 bits per heavy atom. The fraction of sp³-hybridized carbons (Fsp3) is 0.263. The van der Waals surface area contributed by atoms with Crippen molar-refractivity contribution in [3.05, 3.63) is 69.0 Å². The molecule has 0 amide bonds. The van der Waals surface area contributed by atoms with E-state index in [-0.39, 0.29) is 0 Å². The van der Waals surface area contributed by atoms with Crippen LogP contribution in [0, 0.1) is 13.8 Å². The van der Waals surface area contributed by atoms with Crippen molar-refractivity contribution in [2.45, 2.75) is 31.4 Å². The van der Waals surface area contributed by atoms with E-state index in [1.54, 1.807) is 17.8 Å². The van der Waals surface area contributed by atoms with Crippen LogP contribution < -0.4 is 4.74 Å². The van der Waals surface area contributed by atoms with Crippen molar-refractivity contribution in [1.82, 2.24) is 14.8 Å². The van der Waals surface area contributed by atoms with E-state index in [4.69, 9.17) is 27.9 Å². The van der Waals surface area contributed by atoms with Gasteiger partial charge in [-0.3, -0.25) is 0 Å². The van der Waals surface area contributed by atoms with Crippen LogP contribution in [0.3, 0.4) is 0 Å². The minimum absolute atomic E-state index is 0.372. The molecule has 0 fully saturated rings. The first-order valence-corrected chi connectivity index (χ1v) is 9.84. The predicted molar refractivity (Wildman–Crippen MR) is 107 cm³/mol. The van der Waals surface area contributed by atoms with E-state index in [0.29, 0.717) is 22.4 Å². The number of hydrogen-bond acceptors (Lipinski definition) is 4. The van der Waals surface area contributed by atoms with Crippen molar-refractivity contribution < 1.29 is 4.74 Å². The van der Waals surface area contributed by atoms with Gasteiger partial charge < -0.3 is 9.30 Å². The average Bonchev–Trinajstić information content (AvgIpc) is 2.94. The van der Waals surface area contributed by atoms with Gasteiger partial charge in [0.05, 0.1) is 0 Å². The van der Waals surface area contributed by atoms with Crippen molar-refractivity contribution in [1.29, 1.82) is 0 Å². The van der Waals surface area contributed by atoms with E-state index in [1.165, 1.54) is 0 Å². The fourth-order valence-corrected chi connectivity index (χ4v) is 4.03. The maximum atomic E-state index is 6.23. The summed E-state index contributed by atoms with van der Waals surface area (Å²) in [7, 11) is 1.94. The molecule has 0 saturated carbocycles. The van der Waals surface area contributed by atoms with Gasteiger partial charge in [-0.05, 0) is 42.7 Å². The van der Waals surface area contributed by atoms with Crippen LogP contribution in [0.25, 0.3) is 0 Å². The second-order valence-electron chi connectivity index (χ2n) is 5.99. The molecule has 0 atom stereocenters. The monoisotopic (exact) mass is 407 g/mol. The maximum absolute atomic E-state index is 6.23. The van der Waals surface area contributed by atoms with Gasteiger partial charge in [-0.15, -0.1) is 10.2 Å². The molecule has 7 heteroatoms. The number of rotatable bonds is 6. The Hall–Kier alpha value is -1.69. The Balaban J connectivity index is 1.66. The lowest BCUT2D eigenvalue weighted by Crippen LogP contribution is -2.05. The van der Waals surface area contributed by atoms with Gasteiger partial charge in [0.2, 0.25) is 0 Å². The third-order valence-electron chi connectivity index (χ3n) is 4.05. The summed E-state index contributed by atoms with van der Waals surface area (Å²) in [5.74, 6) is 2.37. The zero-order valence-corrected chi connectivity index (χ0v) is 17.1. The number of hydrogen-bond donors (Lipinski definition) is 0. The summed E-state index contributed by atoms with van der Waals surface area (Å²) in [5.41, 5.74) is 3.23. The number of benzene rings is 2. The van der Waals surface area contributed by atoms with Crippen LogP contribution in [0.1, 0.15) is 22.5 Å². The van der Waals surface area contributed by atoms with E-state index in [1.807, 2.05) is 55.8 Å². The minimum Gasteiger partial charge on any atom is -0.485 e. The van der Waals surface area contributed by atoms with Crippen molar-refractivity contribution in [2.24, 2.45) is 7.05 Å². The standard InChI is InChI=1S/C19H19Cl2N3OS/c1-12-5-4-6-13(2)18(12)25-10-17-22-23-19(24(17)3)26-11-14-7-8-15(20)9-16(14)21/h4-9H,10-11H2,1-3H3. The molecule has 1 aromatic heterocycles. The highest BCUT2D eigenvalue weighted by Gasteiger charge is 2.12. The molecule has 1 heterocycles. The van der Waals surface area contributed by atoms with Gasteiger partial charge in [0.25, 0.3) is 0 Å². The molecule has 0 spiro atoms. The molecular formula is C19H19Cl2N3OS. The van der Waals surface area contributed by atoms with Gasteiger partial charge in [-0.2, -0.15) is 0 Å². The molecule has 136 valence electrons. The molecule has 3 rings (SSSR count). The van der Waals surface area contributed by atoms with Gasteiger partial charge in [0, 0.05) is 22.8 Å². The highest BCUT2D eigenvalue weighted by Crippen LogP contribution is 2.28. The SMILES string of the molecule is Cc1cccc(C)c1OCc1nnc(SCc2ccc(Cl)cc2Cl)n1C. The van der Waals surface area contributed by atoms with Crippen molar-refractivity contribution in [3.8, 4) is 5.75 Å². The van der Waals surface area contributed by atoms with Crippen LogP contribution in [0.5, 0.6) is 5.75 Å². The van der Waals surface area contributed by atoms with Crippen LogP contribution in [-0.2, 0) is 19.4 Å². The van der Waals surface area contributed by atoms with Crippen LogP contribution >= 0.6 is 35.0 Å². The third kappa shape index (κ3) is 4.34. The number of ether oxygens (including phenoxy) is 1. The van der Waals surface area contributed by atoms with Gasteiger partial charge in [0.15, 0.2) is 11.0 Å². The zero-order chi connectivity index (χ0) is 18.7. The highest BCUT2D eigenvalue weighted by atomic mass is 35.5. The zero-order valence-electron chi connectivity index (χ0n) is 14.8. The van der Waals surface area contributed by atoms with E-state index in [0.717, 1.165) is 33.4 Å². The largest absolute Gasteiger partial charge is 0.485 e. The Morgan fingerprint density at radius 2 is 1.81 bits per heavy atom. The van der Waals surface area contributed by atoms with E-state index in [2.05, 4.69) is 10.2 Å². The fourth-order valence-electron chi connectivity index (χ4n) is 2.54. The summed E-state index contributed by atoms with van der Waals surface area (Å²) in [4.78, 5) is 0. The topological polar surface area (TPSA) is 39.9 Å². The second-order valence-corrected chi connectivity index (χ2v) is 7.78. The number of nitrogens with zero attached hydrogens (tertiary/aromatic N) is 3. The lowest BCUT2D eigenvalue weighted by molar-refractivity contribution is 0.286. The number of aryl methyl sites for hydroxylation is 2. The summed E-state index contributed by atoms with van der Waals surface area (Å²) < 4.78 is 7.92. The number of aromatic nitrogens is 3. The second kappa shape index (κ2) is 8.33. The molecule has 0 radical (unpaired) electrons. The van der Waals surface area contributed by atoms with Crippen LogP contribution in [0.2, 0.25) is 10.0 Å². The Bertz CT molecular complexity index is 907. The average molecular weight is 408 g/mol. The predicted octanol–water partition coefficient (Wildman–Crippen LogP) is 5.61. The Morgan fingerprint density at radius 1 is 1.08 bits per heavy atom. The van der Waals surface area contributed by atoms with Gasteiger partial charge in [0.1, 0.15) is 12.4 Å². The molecule has 0 aliphatic rings. The molecule has 0 bridgehead atoms. The molecular weight excluding hydrogens is 389 g/mol. The molecule has 0 aliphatic carbocycles. The van der Waals surface area contributed by atoms with E-state index in [9.17, 15) is 0 Å². The maximum Gasteiger partial charge on any atom is 0.191 e. The first-order valence-electron chi connectivity index (χ1n) is 8.09. The third-order valence-corrected chi connectivity index (χ3v) is 5.71. The summed E-state index contributed by atoms with van der Waals surface area (Å²) in [5, 5.41) is 10.6. The summed E-state index contributed by atoms with van der Waals surface area (Å²) >= 11 is 13.7. The molecule has 0 aliphatic heterocycles. The summed E-state index contributed by atoms with van der Waals surface area (Å²) in [6.45, 7) is 4.45. The lowest BCUT2D eigenvalue weighted by Gasteiger charge is -2.11.